The fourth-order valence-corrected chi connectivity index (χ4v) is 3.13. The second kappa shape index (κ2) is 6.64. The van der Waals surface area contributed by atoms with E-state index in [-0.39, 0.29) is 5.82 Å². The molecule has 25 heavy (non-hydrogen) atoms. The van der Waals surface area contributed by atoms with Crippen LogP contribution in [-0.2, 0) is 6.54 Å². The predicted octanol–water partition coefficient (Wildman–Crippen LogP) is 1.59. The van der Waals surface area contributed by atoms with Crippen LogP contribution >= 0.6 is 0 Å². The highest BCUT2D eigenvalue weighted by Gasteiger charge is 2.20. The first-order valence-electron chi connectivity index (χ1n) is 8.20. The SMILES string of the molecule is COc1ccc(F)cc1CN1CCN(c2ccc3nncn3n2)CC1. The Kier molecular flexibility index (Phi) is 4.19. The Morgan fingerprint density at radius 3 is 2.76 bits per heavy atom. The number of methoxy groups -OCH3 is 1. The van der Waals surface area contributed by atoms with Gasteiger partial charge in [-0.3, -0.25) is 4.90 Å². The number of ether oxygens (including phenoxy) is 1. The number of aromatic nitrogens is 4. The van der Waals surface area contributed by atoms with E-state index in [9.17, 15) is 4.39 Å². The van der Waals surface area contributed by atoms with Crippen molar-refractivity contribution < 1.29 is 9.13 Å². The quantitative estimate of drug-likeness (QED) is 0.718. The van der Waals surface area contributed by atoms with E-state index < -0.39 is 0 Å². The lowest BCUT2D eigenvalue weighted by Crippen LogP contribution is -2.46. The zero-order chi connectivity index (χ0) is 17.2. The molecule has 130 valence electrons. The summed E-state index contributed by atoms with van der Waals surface area (Å²) in [5.41, 5.74) is 1.61. The number of fused-ring (bicyclic) bond motifs is 1. The first-order chi connectivity index (χ1) is 12.2. The summed E-state index contributed by atoms with van der Waals surface area (Å²) in [6.45, 7) is 4.15. The highest BCUT2D eigenvalue weighted by atomic mass is 19.1. The van der Waals surface area contributed by atoms with E-state index in [1.807, 2.05) is 12.1 Å². The molecule has 4 rings (SSSR count). The van der Waals surface area contributed by atoms with Gasteiger partial charge in [-0.15, -0.1) is 15.3 Å². The molecule has 1 fully saturated rings. The standard InChI is InChI=1S/C17H19FN6O/c1-25-15-3-2-14(18)10-13(15)11-22-6-8-23(9-7-22)17-5-4-16-20-19-12-24(16)21-17/h2-5,10,12H,6-9,11H2,1H3. The third kappa shape index (κ3) is 3.25. The van der Waals surface area contributed by atoms with Crippen LogP contribution in [-0.4, -0.2) is 58.0 Å². The molecule has 0 unspecified atom stereocenters. The van der Waals surface area contributed by atoms with Gasteiger partial charge in [0, 0.05) is 38.3 Å². The summed E-state index contributed by atoms with van der Waals surface area (Å²) in [5, 5.41) is 12.4. The molecule has 0 radical (unpaired) electrons. The lowest BCUT2D eigenvalue weighted by atomic mass is 10.1. The van der Waals surface area contributed by atoms with Crippen LogP contribution in [0.25, 0.3) is 5.65 Å². The van der Waals surface area contributed by atoms with Crippen molar-refractivity contribution in [2.24, 2.45) is 0 Å². The second-order valence-electron chi connectivity index (χ2n) is 6.04. The average molecular weight is 342 g/mol. The maximum atomic E-state index is 13.5. The summed E-state index contributed by atoms with van der Waals surface area (Å²) in [4.78, 5) is 4.53. The van der Waals surface area contributed by atoms with Crippen molar-refractivity contribution in [3.8, 4) is 5.75 Å². The number of nitrogens with zero attached hydrogens (tertiary/aromatic N) is 6. The van der Waals surface area contributed by atoms with Gasteiger partial charge in [-0.1, -0.05) is 0 Å². The molecular weight excluding hydrogens is 323 g/mol. The van der Waals surface area contributed by atoms with Crippen molar-refractivity contribution in [3.05, 3.63) is 48.0 Å². The highest BCUT2D eigenvalue weighted by Crippen LogP contribution is 2.22. The van der Waals surface area contributed by atoms with Gasteiger partial charge in [0.2, 0.25) is 0 Å². The Labute approximate surface area is 144 Å². The van der Waals surface area contributed by atoms with E-state index in [2.05, 4.69) is 25.1 Å². The molecule has 0 bridgehead atoms. The molecule has 0 spiro atoms. The second-order valence-corrected chi connectivity index (χ2v) is 6.04. The molecule has 0 amide bonds. The topological polar surface area (TPSA) is 58.8 Å². The summed E-state index contributed by atoms with van der Waals surface area (Å²) in [6.07, 6.45) is 1.60. The Hall–Kier alpha value is -2.74. The van der Waals surface area contributed by atoms with Gasteiger partial charge in [-0.25, -0.2) is 4.39 Å². The van der Waals surface area contributed by atoms with E-state index >= 15 is 0 Å². The van der Waals surface area contributed by atoms with Crippen LogP contribution in [0.2, 0.25) is 0 Å². The molecule has 1 aliphatic heterocycles. The van der Waals surface area contributed by atoms with Crippen molar-refractivity contribution >= 4 is 11.5 Å². The minimum absolute atomic E-state index is 0.235. The smallest absolute Gasteiger partial charge is 0.177 e. The normalized spacial score (nSPS) is 15.7. The van der Waals surface area contributed by atoms with Gasteiger partial charge in [0.25, 0.3) is 0 Å². The van der Waals surface area contributed by atoms with Gasteiger partial charge >= 0.3 is 0 Å². The molecule has 7 nitrogen and oxygen atoms in total. The van der Waals surface area contributed by atoms with Gasteiger partial charge in [-0.2, -0.15) is 4.52 Å². The molecule has 0 aliphatic carbocycles. The molecule has 0 N–H and O–H groups in total. The molecule has 8 heteroatoms. The summed E-state index contributed by atoms with van der Waals surface area (Å²) in [6, 6.07) is 8.54. The lowest BCUT2D eigenvalue weighted by Gasteiger charge is -2.35. The number of hydrogen-bond donors (Lipinski definition) is 0. The third-order valence-corrected chi connectivity index (χ3v) is 4.48. The first-order valence-corrected chi connectivity index (χ1v) is 8.20. The number of halogens is 1. The van der Waals surface area contributed by atoms with E-state index in [4.69, 9.17) is 4.74 Å². The summed E-state index contributed by atoms with van der Waals surface area (Å²) < 4.78 is 20.5. The van der Waals surface area contributed by atoms with Gasteiger partial charge in [0.15, 0.2) is 5.65 Å². The number of anilines is 1. The van der Waals surface area contributed by atoms with Gasteiger partial charge in [-0.05, 0) is 30.3 Å². The molecule has 1 aliphatic rings. The van der Waals surface area contributed by atoms with Crippen LogP contribution in [0.15, 0.2) is 36.7 Å². The van der Waals surface area contributed by atoms with E-state index in [0.29, 0.717) is 6.54 Å². The fraction of sp³-hybridized carbons (Fsp3) is 0.353. The Bertz CT molecular complexity index is 874. The summed E-state index contributed by atoms with van der Waals surface area (Å²) in [5.74, 6) is 1.40. The molecule has 0 atom stereocenters. The molecule has 2 aromatic heterocycles. The number of rotatable bonds is 4. The monoisotopic (exact) mass is 342 g/mol. The molecule has 0 saturated carbocycles. The maximum Gasteiger partial charge on any atom is 0.177 e. The van der Waals surface area contributed by atoms with Gasteiger partial charge < -0.3 is 9.64 Å². The predicted molar refractivity (Wildman–Crippen MR) is 91.2 cm³/mol. The van der Waals surface area contributed by atoms with Crippen LogP contribution in [0.3, 0.4) is 0 Å². The number of hydrogen-bond acceptors (Lipinski definition) is 6. The number of piperazine rings is 1. The minimum Gasteiger partial charge on any atom is -0.496 e. The minimum atomic E-state index is -0.235. The Morgan fingerprint density at radius 2 is 1.96 bits per heavy atom. The maximum absolute atomic E-state index is 13.5. The fourth-order valence-electron chi connectivity index (χ4n) is 3.13. The van der Waals surface area contributed by atoms with Crippen LogP contribution in [0, 0.1) is 5.82 Å². The van der Waals surface area contributed by atoms with Crippen molar-refractivity contribution in [1.29, 1.82) is 0 Å². The summed E-state index contributed by atoms with van der Waals surface area (Å²) >= 11 is 0. The van der Waals surface area contributed by atoms with E-state index in [0.717, 1.165) is 49.0 Å². The molecular formula is C17H19FN6O. The van der Waals surface area contributed by atoms with Crippen molar-refractivity contribution in [2.45, 2.75) is 6.54 Å². The third-order valence-electron chi connectivity index (χ3n) is 4.48. The number of benzene rings is 1. The summed E-state index contributed by atoms with van der Waals surface area (Å²) in [7, 11) is 1.61. The van der Waals surface area contributed by atoms with Gasteiger partial charge in [0.05, 0.1) is 7.11 Å². The van der Waals surface area contributed by atoms with Gasteiger partial charge in [0.1, 0.15) is 23.7 Å². The zero-order valence-corrected chi connectivity index (χ0v) is 14.0. The zero-order valence-electron chi connectivity index (χ0n) is 14.0. The van der Waals surface area contributed by atoms with Crippen molar-refractivity contribution in [2.75, 3.05) is 38.2 Å². The van der Waals surface area contributed by atoms with Crippen LogP contribution in [0.1, 0.15) is 5.56 Å². The molecule has 3 aromatic rings. The van der Waals surface area contributed by atoms with Crippen molar-refractivity contribution in [1.82, 2.24) is 24.7 Å². The molecule has 1 aromatic carbocycles. The lowest BCUT2D eigenvalue weighted by molar-refractivity contribution is 0.245. The highest BCUT2D eigenvalue weighted by molar-refractivity contribution is 5.45. The van der Waals surface area contributed by atoms with Crippen LogP contribution < -0.4 is 9.64 Å². The Morgan fingerprint density at radius 1 is 1.12 bits per heavy atom. The van der Waals surface area contributed by atoms with Crippen LogP contribution in [0.4, 0.5) is 10.2 Å². The molecule has 1 saturated heterocycles. The molecule has 3 heterocycles. The largest absolute Gasteiger partial charge is 0.496 e. The Balaban J connectivity index is 1.42. The van der Waals surface area contributed by atoms with E-state index in [1.165, 1.54) is 6.07 Å². The average Bonchev–Trinajstić information content (AvgIpc) is 3.10. The first kappa shape index (κ1) is 15.8. The van der Waals surface area contributed by atoms with E-state index in [1.54, 1.807) is 30.1 Å². The van der Waals surface area contributed by atoms with Crippen molar-refractivity contribution in [3.63, 3.8) is 0 Å². The van der Waals surface area contributed by atoms with Crippen LogP contribution in [0.5, 0.6) is 5.75 Å².